The molecule has 0 bridgehead atoms. The number of aryl methyl sites for hydroxylation is 1. The van der Waals surface area contributed by atoms with Gasteiger partial charge in [-0.3, -0.25) is 4.98 Å². The number of aromatic nitrogens is 3. The number of hydrogen-bond acceptors (Lipinski definition) is 6. The van der Waals surface area contributed by atoms with Crippen molar-refractivity contribution in [3.8, 4) is 0 Å². The highest BCUT2D eigenvalue weighted by molar-refractivity contribution is 5.58. The molecule has 3 N–H and O–H groups in total. The van der Waals surface area contributed by atoms with E-state index in [4.69, 9.17) is 0 Å². The fraction of sp³-hybridized carbons (Fsp3) is 0.308. The average molecular weight is 258 g/mol. The van der Waals surface area contributed by atoms with E-state index in [9.17, 15) is 0 Å². The molecule has 2 heterocycles. The Morgan fingerprint density at radius 2 is 2.00 bits per heavy atom. The van der Waals surface area contributed by atoms with Gasteiger partial charge in [-0.25, -0.2) is 9.97 Å². The van der Waals surface area contributed by atoms with Gasteiger partial charge in [0.05, 0.1) is 11.9 Å². The van der Waals surface area contributed by atoms with Gasteiger partial charge >= 0.3 is 0 Å². The van der Waals surface area contributed by atoms with Crippen LogP contribution in [-0.4, -0.2) is 35.1 Å². The second kappa shape index (κ2) is 6.65. The molecule has 0 radical (unpaired) electrons. The summed E-state index contributed by atoms with van der Waals surface area (Å²) in [6, 6.07) is 5.71. The Morgan fingerprint density at radius 1 is 1.16 bits per heavy atom. The molecule has 0 spiro atoms. The van der Waals surface area contributed by atoms with Crippen LogP contribution in [0.2, 0.25) is 0 Å². The number of anilines is 3. The number of nitrogens with one attached hydrogen (secondary N) is 3. The molecule has 0 atom stereocenters. The number of pyridine rings is 1. The Balaban J connectivity index is 2.08. The zero-order valence-electron chi connectivity index (χ0n) is 11.1. The van der Waals surface area contributed by atoms with Gasteiger partial charge < -0.3 is 16.0 Å². The van der Waals surface area contributed by atoms with Crippen LogP contribution >= 0.6 is 0 Å². The normalized spacial score (nSPS) is 10.2. The molecule has 2 aromatic rings. The van der Waals surface area contributed by atoms with E-state index in [1.807, 2.05) is 32.2 Å². The lowest BCUT2D eigenvalue weighted by molar-refractivity contribution is 0.820. The molecule has 100 valence electrons. The van der Waals surface area contributed by atoms with E-state index < -0.39 is 0 Å². The highest BCUT2D eigenvalue weighted by Crippen LogP contribution is 2.16. The maximum atomic E-state index is 4.35. The minimum Gasteiger partial charge on any atom is -0.369 e. The molecule has 0 amide bonds. The first-order valence-corrected chi connectivity index (χ1v) is 6.19. The molecule has 19 heavy (non-hydrogen) atoms. The highest BCUT2D eigenvalue weighted by atomic mass is 15.1. The van der Waals surface area contributed by atoms with Crippen LogP contribution in [0.4, 0.5) is 17.3 Å². The number of hydrogen-bond donors (Lipinski definition) is 3. The van der Waals surface area contributed by atoms with Gasteiger partial charge in [0.25, 0.3) is 0 Å². The van der Waals surface area contributed by atoms with Crippen LogP contribution in [-0.2, 0) is 0 Å². The fourth-order valence-corrected chi connectivity index (χ4v) is 1.62. The van der Waals surface area contributed by atoms with Gasteiger partial charge in [-0.15, -0.1) is 0 Å². The monoisotopic (exact) mass is 258 g/mol. The SMILES string of the molecule is CNCCNc1cc(Nc2cccnc2)nc(C)n1. The number of likely N-dealkylation sites (N-methyl/N-ethyl adjacent to an activating group) is 1. The van der Waals surface area contributed by atoms with E-state index in [-0.39, 0.29) is 0 Å². The lowest BCUT2D eigenvalue weighted by Gasteiger charge is -2.09. The first-order chi connectivity index (χ1) is 9.28. The molecular weight excluding hydrogens is 240 g/mol. The maximum absolute atomic E-state index is 4.35. The summed E-state index contributed by atoms with van der Waals surface area (Å²) in [6.07, 6.45) is 3.49. The van der Waals surface area contributed by atoms with E-state index in [0.29, 0.717) is 0 Å². The molecule has 0 saturated heterocycles. The topological polar surface area (TPSA) is 74.8 Å². The second-order valence-corrected chi connectivity index (χ2v) is 4.08. The van der Waals surface area contributed by atoms with Gasteiger partial charge in [-0.2, -0.15) is 0 Å². The molecule has 0 unspecified atom stereocenters. The van der Waals surface area contributed by atoms with Crippen molar-refractivity contribution in [1.82, 2.24) is 20.3 Å². The highest BCUT2D eigenvalue weighted by Gasteiger charge is 2.02. The molecule has 6 nitrogen and oxygen atoms in total. The predicted molar refractivity (Wildman–Crippen MR) is 76.7 cm³/mol. The zero-order chi connectivity index (χ0) is 13.5. The molecule has 0 aliphatic rings. The van der Waals surface area contributed by atoms with Crippen molar-refractivity contribution in [2.24, 2.45) is 0 Å². The molecule has 0 aromatic carbocycles. The molecular formula is C13H18N6. The summed E-state index contributed by atoms with van der Waals surface area (Å²) in [7, 11) is 1.92. The van der Waals surface area contributed by atoms with Crippen molar-refractivity contribution in [1.29, 1.82) is 0 Å². The van der Waals surface area contributed by atoms with E-state index >= 15 is 0 Å². The van der Waals surface area contributed by atoms with Crippen LogP contribution in [0, 0.1) is 6.92 Å². The minimum absolute atomic E-state index is 0.723. The molecule has 6 heteroatoms. The third-order valence-electron chi connectivity index (χ3n) is 2.45. The van der Waals surface area contributed by atoms with Crippen molar-refractivity contribution in [2.75, 3.05) is 30.8 Å². The van der Waals surface area contributed by atoms with Crippen LogP contribution in [0.5, 0.6) is 0 Å². The number of nitrogens with zero attached hydrogens (tertiary/aromatic N) is 3. The summed E-state index contributed by atoms with van der Waals surface area (Å²) >= 11 is 0. The summed E-state index contributed by atoms with van der Waals surface area (Å²) in [5.41, 5.74) is 0.904. The summed E-state index contributed by atoms with van der Waals surface area (Å²) in [5, 5.41) is 9.53. The van der Waals surface area contributed by atoms with Gasteiger partial charge in [0.2, 0.25) is 0 Å². The summed E-state index contributed by atoms with van der Waals surface area (Å²) in [6.45, 7) is 3.57. The predicted octanol–water partition coefficient (Wildman–Crippen LogP) is 1.55. The zero-order valence-corrected chi connectivity index (χ0v) is 11.1. The maximum Gasteiger partial charge on any atom is 0.136 e. The van der Waals surface area contributed by atoms with Crippen molar-refractivity contribution >= 4 is 17.3 Å². The van der Waals surface area contributed by atoms with Crippen molar-refractivity contribution < 1.29 is 0 Å². The van der Waals surface area contributed by atoms with Crippen LogP contribution in [0.3, 0.4) is 0 Å². The van der Waals surface area contributed by atoms with Crippen LogP contribution in [0.25, 0.3) is 0 Å². The average Bonchev–Trinajstić information content (AvgIpc) is 2.39. The molecule has 0 fully saturated rings. The molecule has 0 aliphatic heterocycles. The summed E-state index contributed by atoms with van der Waals surface area (Å²) in [4.78, 5) is 12.7. The van der Waals surface area contributed by atoms with Gasteiger partial charge in [-0.1, -0.05) is 0 Å². The number of rotatable bonds is 6. The van der Waals surface area contributed by atoms with Gasteiger partial charge in [0.15, 0.2) is 0 Å². The summed E-state index contributed by atoms with van der Waals surface area (Å²) < 4.78 is 0. The van der Waals surface area contributed by atoms with Gasteiger partial charge in [0.1, 0.15) is 17.5 Å². The largest absolute Gasteiger partial charge is 0.369 e. The van der Waals surface area contributed by atoms with Gasteiger partial charge in [0, 0.05) is 25.4 Å². The smallest absolute Gasteiger partial charge is 0.136 e. The van der Waals surface area contributed by atoms with Crippen molar-refractivity contribution in [3.05, 3.63) is 36.4 Å². The molecule has 2 rings (SSSR count). The van der Waals surface area contributed by atoms with Crippen LogP contribution < -0.4 is 16.0 Å². The van der Waals surface area contributed by atoms with Crippen LogP contribution in [0.15, 0.2) is 30.6 Å². The van der Waals surface area contributed by atoms with E-state index in [1.165, 1.54) is 0 Å². The van der Waals surface area contributed by atoms with E-state index in [2.05, 4.69) is 30.9 Å². The van der Waals surface area contributed by atoms with E-state index in [1.54, 1.807) is 12.4 Å². The summed E-state index contributed by atoms with van der Waals surface area (Å²) in [5.74, 6) is 2.29. The third-order valence-corrected chi connectivity index (χ3v) is 2.45. The van der Waals surface area contributed by atoms with E-state index in [0.717, 1.165) is 36.2 Å². The fourth-order valence-electron chi connectivity index (χ4n) is 1.62. The first kappa shape index (κ1) is 13.2. The molecule has 0 aliphatic carbocycles. The third kappa shape index (κ3) is 4.18. The Bertz CT molecular complexity index is 514. The Morgan fingerprint density at radius 3 is 2.74 bits per heavy atom. The lowest BCUT2D eigenvalue weighted by Crippen LogP contribution is -2.18. The Labute approximate surface area is 112 Å². The van der Waals surface area contributed by atoms with Crippen LogP contribution in [0.1, 0.15) is 5.82 Å². The molecule has 2 aromatic heterocycles. The standard InChI is InChI=1S/C13H18N6/c1-10-17-12(16-7-6-14-2)8-13(18-10)19-11-4-3-5-15-9-11/h3-5,8-9,14H,6-7H2,1-2H3,(H2,16,17,18,19). The molecule has 0 saturated carbocycles. The Hall–Kier alpha value is -2.21. The lowest BCUT2D eigenvalue weighted by atomic mass is 10.4. The first-order valence-electron chi connectivity index (χ1n) is 6.19. The minimum atomic E-state index is 0.723. The quantitative estimate of drug-likeness (QED) is 0.683. The second-order valence-electron chi connectivity index (χ2n) is 4.08. The van der Waals surface area contributed by atoms with Gasteiger partial charge in [-0.05, 0) is 26.1 Å². The Kier molecular flexibility index (Phi) is 4.63. The van der Waals surface area contributed by atoms with Crippen molar-refractivity contribution in [2.45, 2.75) is 6.92 Å². The van der Waals surface area contributed by atoms with Crippen molar-refractivity contribution in [3.63, 3.8) is 0 Å².